The number of hydrogen-bond acceptors (Lipinski definition) is 2. The third-order valence-electron chi connectivity index (χ3n) is 3.19. The molecule has 0 spiro atoms. The Bertz CT molecular complexity index is 425. The second-order valence-electron chi connectivity index (χ2n) is 5.46. The lowest BCUT2D eigenvalue weighted by molar-refractivity contribution is -0.121. The van der Waals surface area contributed by atoms with Crippen molar-refractivity contribution in [3.63, 3.8) is 0 Å². The van der Waals surface area contributed by atoms with Crippen molar-refractivity contribution in [2.24, 2.45) is 0 Å². The van der Waals surface area contributed by atoms with Crippen LogP contribution in [0.25, 0.3) is 0 Å². The van der Waals surface area contributed by atoms with Crippen LogP contribution in [-0.4, -0.2) is 18.0 Å². The van der Waals surface area contributed by atoms with Gasteiger partial charge in [0.25, 0.3) is 0 Å². The summed E-state index contributed by atoms with van der Waals surface area (Å²) in [7, 11) is 0. The van der Waals surface area contributed by atoms with Gasteiger partial charge >= 0.3 is 0 Å². The van der Waals surface area contributed by atoms with Gasteiger partial charge in [-0.25, -0.2) is 0 Å². The van der Waals surface area contributed by atoms with Crippen molar-refractivity contribution in [1.82, 2.24) is 5.32 Å². The first-order valence-electron chi connectivity index (χ1n) is 6.46. The zero-order chi connectivity index (χ0) is 13.8. The third-order valence-corrected chi connectivity index (χ3v) is 3.19. The number of amides is 1. The molecule has 1 amide bonds. The van der Waals surface area contributed by atoms with Crippen molar-refractivity contribution in [2.75, 3.05) is 11.9 Å². The van der Waals surface area contributed by atoms with E-state index in [2.05, 4.69) is 35.8 Å². The summed E-state index contributed by atoms with van der Waals surface area (Å²) >= 11 is 0. The molecule has 3 nitrogen and oxygen atoms in total. The summed E-state index contributed by atoms with van der Waals surface area (Å²) in [4.78, 5) is 11.8. The molecule has 0 unspecified atom stereocenters. The first kappa shape index (κ1) is 14.6. The topological polar surface area (TPSA) is 41.1 Å². The van der Waals surface area contributed by atoms with E-state index in [0.29, 0.717) is 6.54 Å². The lowest BCUT2D eigenvalue weighted by Gasteiger charge is -2.24. The summed E-state index contributed by atoms with van der Waals surface area (Å²) in [5, 5.41) is 6.20. The molecule has 2 N–H and O–H groups in total. The molecule has 1 aromatic carbocycles. The molecule has 0 aliphatic rings. The van der Waals surface area contributed by atoms with Crippen LogP contribution in [0.4, 0.5) is 5.69 Å². The molecular weight excluding hydrogens is 224 g/mol. The molecular formula is C15H24N2O. The molecule has 0 radical (unpaired) electrons. The van der Waals surface area contributed by atoms with E-state index >= 15 is 0 Å². The number of carbonyl (C=O) groups is 1. The van der Waals surface area contributed by atoms with Crippen molar-refractivity contribution < 1.29 is 4.79 Å². The van der Waals surface area contributed by atoms with Gasteiger partial charge in [0, 0.05) is 11.2 Å². The standard InChI is InChI=1S/C15H24N2O/c1-6-15(4,5)17-14(18)10-16-13-9-11(2)7-8-12(13)3/h7-9,16H,6,10H2,1-5H3,(H,17,18). The maximum atomic E-state index is 11.8. The molecule has 3 heteroatoms. The van der Waals surface area contributed by atoms with Crippen molar-refractivity contribution in [3.8, 4) is 0 Å². The van der Waals surface area contributed by atoms with E-state index in [1.165, 1.54) is 5.56 Å². The highest BCUT2D eigenvalue weighted by molar-refractivity contribution is 5.81. The van der Waals surface area contributed by atoms with E-state index in [0.717, 1.165) is 17.7 Å². The Morgan fingerprint density at radius 3 is 2.56 bits per heavy atom. The molecule has 0 fully saturated rings. The quantitative estimate of drug-likeness (QED) is 0.841. The van der Waals surface area contributed by atoms with Crippen LogP contribution in [0, 0.1) is 13.8 Å². The molecule has 0 atom stereocenters. The molecule has 0 aromatic heterocycles. The number of hydrogen-bond donors (Lipinski definition) is 2. The Hall–Kier alpha value is -1.51. The SMILES string of the molecule is CCC(C)(C)NC(=O)CNc1cc(C)ccc1C. The fraction of sp³-hybridized carbons (Fsp3) is 0.533. The van der Waals surface area contributed by atoms with E-state index in [9.17, 15) is 4.79 Å². The average Bonchev–Trinajstić information content (AvgIpc) is 2.30. The first-order valence-corrected chi connectivity index (χ1v) is 6.46. The average molecular weight is 248 g/mol. The summed E-state index contributed by atoms with van der Waals surface area (Å²) < 4.78 is 0. The van der Waals surface area contributed by atoms with Crippen molar-refractivity contribution in [2.45, 2.75) is 46.6 Å². The normalized spacial score (nSPS) is 11.2. The van der Waals surface area contributed by atoms with Gasteiger partial charge in [0.1, 0.15) is 0 Å². The Labute approximate surface area is 110 Å². The minimum Gasteiger partial charge on any atom is -0.376 e. The number of anilines is 1. The smallest absolute Gasteiger partial charge is 0.239 e. The molecule has 18 heavy (non-hydrogen) atoms. The molecule has 0 bridgehead atoms. The summed E-state index contributed by atoms with van der Waals surface area (Å²) in [5.74, 6) is 0.0303. The predicted molar refractivity (Wildman–Crippen MR) is 76.9 cm³/mol. The van der Waals surface area contributed by atoms with Crippen LogP contribution in [0.15, 0.2) is 18.2 Å². The Kier molecular flexibility index (Phi) is 4.76. The molecule has 100 valence electrons. The lowest BCUT2D eigenvalue weighted by Crippen LogP contribution is -2.45. The maximum Gasteiger partial charge on any atom is 0.239 e. The summed E-state index contributed by atoms with van der Waals surface area (Å²) in [6, 6.07) is 6.19. The van der Waals surface area contributed by atoms with Gasteiger partial charge in [0.15, 0.2) is 0 Å². The number of carbonyl (C=O) groups excluding carboxylic acids is 1. The fourth-order valence-corrected chi connectivity index (χ4v) is 1.61. The van der Waals surface area contributed by atoms with Crippen LogP contribution in [-0.2, 0) is 4.79 Å². The van der Waals surface area contributed by atoms with E-state index in [-0.39, 0.29) is 11.4 Å². The summed E-state index contributed by atoms with van der Waals surface area (Å²) in [6.07, 6.45) is 0.919. The van der Waals surface area contributed by atoms with Crippen LogP contribution in [0.2, 0.25) is 0 Å². The molecule has 0 aliphatic carbocycles. The van der Waals surface area contributed by atoms with Crippen molar-refractivity contribution in [1.29, 1.82) is 0 Å². The van der Waals surface area contributed by atoms with Gasteiger partial charge in [-0.3, -0.25) is 4.79 Å². The van der Waals surface area contributed by atoms with E-state index in [1.54, 1.807) is 0 Å². The van der Waals surface area contributed by atoms with E-state index in [4.69, 9.17) is 0 Å². The monoisotopic (exact) mass is 248 g/mol. The van der Waals surface area contributed by atoms with Gasteiger partial charge in [-0.1, -0.05) is 19.1 Å². The molecule has 0 aliphatic heterocycles. The van der Waals surface area contributed by atoms with Crippen LogP contribution in [0.3, 0.4) is 0 Å². The third kappa shape index (κ3) is 4.40. The molecule has 0 heterocycles. The minimum atomic E-state index is -0.138. The number of aryl methyl sites for hydroxylation is 2. The van der Waals surface area contributed by atoms with E-state index in [1.807, 2.05) is 27.7 Å². The van der Waals surface area contributed by atoms with E-state index < -0.39 is 0 Å². The second kappa shape index (κ2) is 5.89. The summed E-state index contributed by atoms with van der Waals surface area (Å²) in [5.41, 5.74) is 3.24. The van der Waals surface area contributed by atoms with Crippen LogP contribution < -0.4 is 10.6 Å². The maximum absolute atomic E-state index is 11.8. The number of nitrogens with one attached hydrogen (secondary N) is 2. The summed E-state index contributed by atoms with van der Waals surface area (Å²) in [6.45, 7) is 10.5. The first-order chi connectivity index (χ1) is 8.34. The van der Waals surface area contributed by atoms with Crippen LogP contribution in [0.1, 0.15) is 38.3 Å². The van der Waals surface area contributed by atoms with Crippen LogP contribution >= 0.6 is 0 Å². The second-order valence-corrected chi connectivity index (χ2v) is 5.46. The van der Waals surface area contributed by atoms with Crippen molar-refractivity contribution >= 4 is 11.6 Å². The highest BCUT2D eigenvalue weighted by Gasteiger charge is 2.17. The zero-order valence-corrected chi connectivity index (χ0v) is 12.1. The van der Waals surface area contributed by atoms with Gasteiger partial charge in [-0.15, -0.1) is 0 Å². The molecule has 1 aromatic rings. The van der Waals surface area contributed by atoms with Crippen LogP contribution in [0.5, 0.6) is 0 Å². The van der Waals surface area contributed by atoms with Crippen molar-refractivity contribution in [3.05, 3.63) is 29.3 Å². The van der Waals surface area contributed by atoms with Gasteiger partial charge in [-0.2, -0.15) is 0 Å². The largest absolute Gasteiger partial charge is 0.376 e. The van der Waals surface area contributed by atoms with Gasteiger partial charge in [0.05, 0.1) is 6.54 Å². The fourth-order valence-electron chi connectivity index (χ4n) is 1.61. The Morgan fingerprint density at radius 1 is 1.28 bits per heavy atom. The van der Waals surface area contributed by atoms with Gasteiger partial charge in [-0.05, 0) is 51.3 Å². The molecule has 0 saturated carbocycles. The highest BCUT2D eigenvalue weighted by atomic mass is 16.2. The minimum absolute atomic E-state index is 0.0303. The highest BCUT2D eigenvalue weighted by Crippen LogP contribution is 2.16. The number of rotatable bonds is 5. The van der Waals surface area contributed by atoms with Gasteiger partial charge < -0.3 is 10.6 Å². The molecule has 1 rings (SSSR count). The Morgan fingerprint density at radius 2 is 1.94 bits per heavy atom. The lowest BCUT2D eigenvalue weighted by atomic mass is 10.0. The van der Waals surface area contributed by atoms with Gasteiger partial charge in [0.2, 0.25) is 5.91 Å². The number of benzene rings is 1. The molecule has 0 saturated heterocycles. The Balaban J connectivity index is 2.55. The predicted octanol–water partition coefficient (Wildman–Crippen LogP) is 3.02. The zero-order valence-electron chi connectivity index (χ0n) is 12.1.